The number of aryl methyl sites for hydroxylation is 1. The topological polar surface area (TPSA) is 80.5 Å². The molecule has 1 aliphatic rings. The lowest BCUT2D eigenvalue weighted by Crippen LogP contribution is -2.40. The number of piperidine rings is 1. The minimum Gasteiger partial charge on any atom is -0.338 e. The van der Waals surface area contributed by atoms with Gasteiger partial charge in [0.1, 0.15) is 0 Å². The maximum atomic E-state index is 12.4. The molecule has 7 heteroatoms. The van der Waals surface area contributed by atoms with Gasteiger partial charge in [0.15, 0.2) is 0 Å². The summed E-state index contributed by atoms with van der Waals surface area (Å²) in [6, 6.07) is 1.40. The zero-order chi connectivity index (χ0) is 15.1. The lowest BCUT2D eigenvalue weighted by atomic mass is 9.82. The number of hydrogen-bond acceptors (Lipinski definition) is 4. The molecule has 1 fully saturated rings. The Kier molecular flexibility index (Phi) is 3.96. The molecule has 0 radical (unpaired) electrons. The minimum absolute atomic E-state index is 0.0585. The van der Waals surface area contributed by atoms with E-state index in [1.165, 1.54) is 17.4 Å². The standard InChI is InChI=1S/C13H20N2O3S2/c1-9-11(20(14,17)18)8-10(19-9)12(16)15-6-4-13(2,3)5-7-15/h8H,4-7H2,1-3H3,(H2,14,17,18). The molecule has 1 amide bonds. The van der Waals surface area contributed by atoms with Gasteiger partial charge in [-0.25, -0.2) is 13.6 Å². The number of primary sulfonamides is 1. The van der Waals surface area contributed by atoms with E-state index in [1.807, 2.05) is 0 Å². The average Bonchev–Trinajstić information content (AvgIpc) is 2.70. The van der Waals surface area contributed by atoms with E-state index in [0.717, 1.165) is 12.8 Å². The summed E-state index contributed by atoms with van der Waals surface area (Å²) in [4.78, 5) is 15.3. The number of thiophene rings is 1. The predicted molar refractivity (Wildman–Crippen MR) is 79.3 cm³/mol. The second kappa shape index (κ2) is 5.13. The van der Waals surface area contributed by atoms with E-state index in [2.05, 4.69) is 13.8 Å². The minimum atomic E-state index is -3.76. The van der Waals surface area contributed by atoms with Crippen molar-refractivity contribution in [3.8, 4) is 0 Å². The fourth-order valence-electron chi connectivity index (χ4n) is 2.32. The van der Waals surface area contributed by atoms with Crippen LogP contribution in [0.2, 0.25) is 0 Å². The van der Waals surface area contributed by atoms with Crippen molar-refractivity contribution >= 4 is 27.3 Å². The van der Waals surface area contributed by atoms with Crippen LogP contribution in [-0.4, -0.2) is 32.3 Å². The van der Waals surface area contributed by atoms with E-state index in [1.54, 1.807) is 11.8 Å². The van der Waals surface area contributed by atoms with Crippen molar-refractivity contribution < 1.29 is 13.2 Å². The number of amides is 1. The highest BCUT2D eigenvalue weighted by molar-refractivity contribution is 7.89. The van der Waals surface area contributed by atoms with E-state index in [9.17, 15) is 13.2 Å². The molecule has 1 aliphatic heterocycles. The molecule has 0 aliphatic carbocycles. The maximum absolute atomic E-state index is 12.4. The maximum Gasteiger partial charge on any atom is 0.263 e. The van der Waals surface area contributed by atoms with Gasteiger partial charge in [0.05, 0.1) is 9.77 Å². The van der Waals surface area contributed by atoms with E-state index in [0.29, 0.717) is 22.8 Å². The fraction of sp³-hybridized carbons (Fsp3) is 0.615. The molecular weight excluding hydrogens is 296 g/mol. The highest BCUT2D eigenvalue weighted by atomic mass is 32.2. The molecule has 0 bridgehead atoms. The van der Waals surface area contributed by atoms with Crippen LogP contribution in [-0.2, 0) is 10.0 Å². The molecule has 0 aromatic carbocycles. The second-order valence-corrected chi connectivity index (χ2v) is 8.82. The number of sulfonamides is 1. The Morgan fingerprint density at radius 1 is 1.35 bits per heavy atom. The van der Waals surface area contributed by atoms with Crippen molar-refractivity contribution in [1.29, 1.82) is 0 Å². The highest BCUT2D eigenvalue weighted by Gasteiger charge is 2.29. The van der Waals surface area contributed by atoms with Gasteiger partial charge in [-0.05, 0) is 31.2 Å². The van der Waals surface area contributed by atoms with Crippen LogP contribution in [0.25, 0.3) is 0 Å². The molecule has 2 heterocycles. The van der Waals surface area contributed by atoms with Crippen LogP contribution in [0.3, 0.4) is 0 Å². The molecule has 1 aromatic heterocycles. The van der Waals surface area contributed by atoms with Crippen LogP contribution in [0.15, 0.2) is 11.0 Å². The molecule has 5 nitrogen and oxygen atoms in total. The molecule has 20 heavy (non-hydrogen) atoms. The van der Waals surface area contributed by atoms with Crippen LogP contribution < -0.4 is 5.14 Å². The molecule has 0 saturated carbocycles. The first-order chi connectivity index (χ1) is 9.10. The highest BCUT2D eigenvalue weighted by Crippen LogP contribution is 2.32. The van der Waals surface area contributed by atoms with Gasteiger partial charge in [-0.15, -0.1) is 11.3 Å². The van der Waals surface area contributed by atoms with Crippen LogP contribution in [0.1, 0.15) is 41.2 Å². The Morgan fingerprint density at radius 2 is 1.90 bits per heavy atom. The van der Waals surface area contributed by atoms with Gasteiger partial charge < -0.3 is 4.90 Å². The largest absolute Gasteiger partial charge is 0.338 e. The first kappa shape index (κ1) is 15.5. The Labute approximate surface area is 123 Å². The summed E-state index contributed by atoms with van der Waals surface area (Å²) < 4.78 is 22.8. The Balaban J connectivity index is 2.19. The monoisotopic (exact) mass is 316 g/mol. The van der Waals surface area contributed by atoms with Crippen molar-refractivity contribution in [2.24, 2.45) is 10.6 Å². The molecule has 0 unspecified atom stereocenters. The van der Waals surface area contributed by atoms with Crippen LogP contribution in [0.5, 0.6) is 0 Å². The third-order valence-electron chi connectivity index (χ3n) is 3.79. The third kappa shape index (κ3) is 3.21. The van der Waals surface area contributed by atoms with Crippen molar-refractivity contribution in [3.63, 3.8) is 0 Å². The number of carbonyl (C=O) groups excluding carboxylic acids is 1. The third-order valence-corrected chi connectivity index (χ3v) is 6.00. The van der Waals surface area contributed by atoms with Gasteiger partial charge in [0.2, 0.25) is 10.0 Å². The van der Waals surface area contributed by atoms with E-state index < -0.39 is 10.0 Å². The van der Waals surface area contributed by atoms with Crippen LogP contribution >= 0.6 is 11.3 Å². The summed E-state index contributed by atoms with van der Waals surface area (Å²) in [7, 11) is -3.76. The van der Waals surface area contributed by atoms with Gasteiger partial charge in [0, 0.05) is 18.0 Å². The predicted octanol–water partition coefficient (Wildman–Crippen LogP) is 1.97. The quantitative estimate of drug-likeness (QED) is 0.905. The Hall–Kier alpha value is -0.920. The van der Waals surface area contributed by atoms with Crippen LogP contribution in [0.4, 0.5) is 0 Å². The van der Waals surface area contributed by atoms with Crippen molar-refractivity contribution in [1.82, 2.24) is 4.90 Å². The summed E-state index contributed by atoms with van der Waals surface area (Å²) in [6.45, 7) is 7.49. The number of likely N-dealkylation sites (tertiary alicyclic amines) is 1. The zero-order valence-electron chi connectivity index (χ0n) is 12.0. The SMILES string of the molecule is Cc1sc(C(=O)N2CCC(C)(C)CC2)cc1S(N)(=O)=O. The van der Waals surface area contributed by atoms with E-state index in [-0.39, 0.29) is 16.2 Å². The van der Waals surface area contributed by atoms with Crippen molar-refractivity contribution in [2.45, 2.75) is 38.5 Å². The molecule has 0 spiro atoms. The second-order valence-electron chi connectivity index (χ2n) is 6.03. The fourth-order valence-corrected chi connectivity index (χ4v) is 4.44. The average molecular weight is 316 g/mol. The smallest absolute Gasteiger partial charge is 0.263 e. The normalized spacial score (nSPS) is 19.1. The van der Waals surface area contributed by atoms with Crippen LogP contribution in [0, 0.1) is 12.3 Å². The molecular formula is C13H20N2O3S2. The summed E-state index contributed by atoms with van der Waals surface area (Å²) in [5.74, 6) is -0.0940. The molecule has 2 rings (SSSR count). The first-order valence-corrected chi connectivity index (χ1v) is 8.89. The Bertz CT molecular complexity index is 622. The summed E-state index contributed by atoms with van der Waals surface area (Å²) in [5, 5.41) is 5.14. The number of carbonyl (C=O) groups is 1. The zero-order valence-corrected chi connectivity index (χ0v) is 13.6. The number of nitrogens with zero attached hydrogens (tertiary/aromatic N) is 1. The lowest BCUT2D eigenvalue weighted by molar-refractivity contribution is 0.0635. The summed E-state index contributed by atoms with van der Waals surface area (Å²) >= 11 is 1.19. The number of nitrogens with two attached hydrogens (primary N) is 1. The van der Waals surface area contributed by atoms with Gasteiger partial charge in [-0.3, -0.25) is 4.79 Å². The van der Waals surface area contributed by atoms with E-state index in [4.69, 9.17) is 5.14 Å². The van der Waals surface area contributed by atoms with Crippen molar-refractivity contribution in [2.75, 3.05) is 13.1 Å². The van der Waals surface area contributed by atoms with Gasteiger partial charge in [-0.2, -0.15) is 0 Å². The van der Waals surface area contributed by atoms with Crippen molar-refractivity contribution in [3.05, 3.63) is 15.8 Å². The Morgan fingerprint density at radius 3 is 2.35 bits per heavy atom. The molecule has 0 atom stereocenters. The van der Waals surface area contributed by atoms with Gasteiger partial charge in [0.25, 0.3) is 5.91 Å². The molecule has 1 aromatic rings. The molecule has 2 N–H and O–H groups in total. The summed E-state index contributed by atoms with van der Waals surface area (Å²) in [6.07, 6.45) is 1.93. The molecule has 112 valence electrons. The van der Waals surface area contributed by atoms with Gasteiger partial charge >= 0.3 is 0 Å². The van der Waals surface area contributed by atoms with Gasteiger partial charge in [-0.1, -0.05) is 13.8 Å². The number of rotatable bonds is 2. The first-order valence-electron chi connectivity index (χ1n) is 6.53. The number of hydrogen-bond donors (Lipinski definition) is 1. The summed E-state index contributed by atoms with van der Waals surface area (Å²) in [5.41, 5.74) is 0.272. The van der Waals surface area contributed by atoms with E-state index >= 15 is 0 Å². The lowest BCUT2D eigenvalue weighted by Gasteiger charge is -2.36. The molecule has 1 saturated heterocycles.